The first-order valence-corrected chi connectivity index (χ1v) is 6.13. The Morgan fingerprint density at radius 3 is 2.61 bits per heavy atom. The Bertz CT molecular complexity index is 543. The monoisotopic (exact) mass is 284 g/mol. The Labute approximate surface area is 115 Å². The van der Waals surface area contributed by atoms with Crippen LogP contribution < -0.4 is 5.73 Å². The van der Waals surface area contributed by atoms with E-state index in [0.29, 0.717) is 11.6 Å². The molecule has 1 aromatic heterocycles. The molecule has 94 valence electrons. The third-order valence-electron chi connectivity index (χ3n) is 2.62. The van der Waals surface area contributed by atoms with E-state index in [1.165, 1.54) is 12.1 Å². The lowest BCUT2D eigenvalue weighted by Crippen LogP contribution is -2.13. The zero-order chi connectivity index (χ0) is 13.1. The van der Waals surface area contributed by atoms with Crippen LogP contribution in [0.2, 0.25) is 10.2 Å². The van der Waals surface area contributed by atoms with E-state index in [-0.39, 0.29) is 11.1 Å². The van der Waals surface area contributed by atoms with Crippen molar-refractivity contribution >= 4 is 23.2 Å². The van der Waals surface area contributed by atoms with Crippen molar-refractivity contribution in [3.05, 3.63) is 63.6 Å². The molecule has 2 aromatic rings. The number of hydrogen-bond acceptors (Lipinski definition) is 2. The summed E-state index contributed by atoms with van der Waals surface area (Å²) < 4.78 is 13.3. The summed E-state index contributed by atoms with van der Waals surface area (Å²) >= 11 is 11.3. The van der Waals surface area contributed by atoms with Crippen molar-refractivity contribution in [3.8, 4) is 0 Å². The van der Waals surface area contributed by atoms with Gasteiger partial charge in [0.25, 0.3) is 0 Å². The van der Waals surface area contributed by atoms with Gasteiger partial charge in [0.15, 0.2) is 0 Å². The predicted molar refractivity (Wildman–Crippen MR) is 71.3 cm³/mol. The van der Waals surface area contributed by atoms with Gasteiger partial charge in [-0.25, -0.2) is 9.37 Å². The predicted octanol–water partition coefficient (Wildman–Crippen LogP) is 3.77. The minimum Gasteiger partial charge on any atom is -0.324 e. The minimum absolute atomic E-state index is 0.112. The van der Waals surface area contributed by atoms with Gasteiger partial charge in [0, 0.05) is 12.2 Å². The highest BCUT2D eigenvalue weighted by molar-refractivity contribution is 6.30. The maximum atomic E-state index is 13.3. The standard InChI is InChI=1S/C13H11Cl2FN2/c14-10-3-1-8(5-11(10)16)6-12(17)9-2-4-13(15)18-7-9/h1-5,7,12H,6,17H2. The topological polar surface area (TPSA) is 38.9 Å². The molecule has 0 spiro atoms. The number of halogens is 3. The van der Waals surface area contributed by atoms with E-state index < -0.39 is 5.82 Å². The van der Waals surface area contributed by atoms with Crippen LogP contribution in [0.1, 0.15) is 17.2 Å². The Morgan fingerprint density at radius 2 is 2.00 bits per heavy atom. The van der Waals surface area contributed by atoms with Crippen molar-refractivity contribution in [1.29, 1.82) is 0 Å². The SMILES string of the molecule is NC(Cc1ccc(Cl)c(F)c1)c1ccc(Cl)nc1. The summed E-state index contributed by atoms with van der Waals surface area (Å²) in [4.78, 5) is 3.96. The van der Waals surface area contributed by atoms with Gasteiger partial charge < -0.3 is 5.73 Å². The Balaban J connectivity index is 2.13. The normalized spacial score (nSPS) is 12.4. The van der Waals surface area contributed by atoms with Crippen LogP contribution in [0.25, 0.3) is 0 Å². The van der Waals surface area contributed by atoms with E-state index in [0.717, 1.165) is 11.1 Å². The largest absolute Gasteiger partial charge is 0.324 e. The summed E-state index contributed by atoms with van der Waals surface area (Å²) in [5, 5.41) is 0.531. The van der Waals surface area contributed by atoms with Crippen LogP contribution >= 0.6 is 23.2 Å². The first kappa shape index (κ1) is 13.3. The van der Waals surface area contributed by atoms with Crippen LogP contribution in [0.4, 0.5) is 4.39 Å². The number of rotatable bonds is 3. The molecular formula is C13H11Cl2FN2. The number of pyridine rings is 1. The molecule has 2 nitrogen and oxygen atoms in total. The second-order valence-corrected chi connectivity index (χ2v) is 4.77. The number of hydrogen-bond donors (Lipinski definition) is 1. The van der Waals surface area contributed by atoms with Gasteiger partial charge in [-0.3, -0.25) is 0 Å². The Hall–Kier alpha value is -1.16. The van der Waals surface area contributed by atoms with Crippen LogP contribution in [0, 0.1) is 5.82 Å². The summed E-state index contributed by atoms with van der Waals surface area (Å²) in [6.45, 7) is 0. The van der Waals surface area contributed by atoms with Gasteiger partial charge in [-0.2, -0.15) is 0 Å². The number of aromatic nitrogens is 1. The maximum Gasteiger partial charge on any atom is 0.142 e. The van der Waals surface area contributed by atoms with E-state index in [2.05, 4.69) is 4.98 Å². The highest BCUT2D eigenvalue weighted by Crippen LogP contribution is 2.20. The van der Waals surface area contributed by atoms with Crippen molar-refractivity contribution in [2.75, 3.05) is 0 Å². The summed E-state index contributed by atoms with van der Waals surface area (Å²) in [6, 6.07) is 7.92. The van der Waals surface area contributed by atoms with E-state index >= 15 is 0 Å². The van der Waals surface area contributed by atoms with Gasteiger partial charge in [0.1, 0.15) is 11.0 Å². The molecule has 0 radical (unpaired) electrons. The third kappa shape index (κ3) is 3.19. The Morgan fingerprint density at radius 1 is 1.22 bits per heavy atom. The first-order valence-electron chi connectivity index (χ1n) is 5.37. The van der Waals surface area contributed by atoms with Crippen molar-refractivity contribution < 1.29 is 4.39 Å². The average Bonchev–Trinajstić information content (AvgIpc) is 2.34. The van der Waals surface area contributed by atoms with Gasteiger partial charge in [-0.15, -0.1) is 0 Å². The van der Waals surface area contributed by atoms with Crippen molar-refractivity contribution in [2.24, 2.45) is 5.73 Å². The second kappa shape index (κ2) is 5.65. The van der Waals surface area contributed by atoms with Crippen molar-refractivity contribution in [3.63, 3.8) is 0 Å². The summed E-state index contributed by atoms with van der Waals surface area (Å²) in [5.41, 5.74) is 7.67. The molecule has 2 N–H and O–H groups in total. The van der Waals surface area contributed by atoms with Gasteiger partial charge in [0.2, 0.25) is 0 Å². The number of nitrogens with two attached hydrogens (primary N) is 1. The molecule has 0 amide bonds. The molecule has 0 aliphatic rings. The zero-order valence-electron chi connectivity index (χ0n) is 9.41. The number of benzene rings is 1. The maximum absolute atomic E-state index is 13.3. The molecule has 0 aliphatic carbocycles. The van der Waals surface area contributed by atoms with E-state index in [4.69, 9.17) is 28.9 Å². The first-order chi connectivity index (χ1) is 8.56. The van der Waals surface area contributed by atoms with Gasteiger partial charge >= 0.3 is 0 Å². The van der Waals surface area contributed by atoms with Gasteiger partial charge in [-0.1, -0.05) is 35.3 Å². The second-order valence-electron chi connectivity index (χ2n) is 3.97. The smallest absolute Gasteiger partial charge is 0.142 e. The summed E-state index contributed by atoms with van der Waals surface area (Å²) in [6.07, 6.45) is 2.14. The Kier molecular flexibility index (Phi) is 4.17. The van der Waals surface area contributed by atoms with Crippen LogP contribution in [0.5, 0.6) is 0 Å². The quantitative estimate of drug-likeness (QED) is 0.872. The molecule has 5 heteroatoms. The highest BCUT2D eigenvalue weighted by atomic mass is 35.5. The van der Waals surface area contributed by atoms with E-state index in [9.17, 15) is 4.39 Å². The molecule has 0 saturated carbocycles. The molecule has 0 bridgehead atoms. The van der Waals surface area contributed by atoms with Crippen LogP contribution in [0.15, 0.2) is 36.5 Å². The van der Waals surface area contributed by atoms with E-state index in [1.54, 1.807) is 18.3 Å². The molecule has 1 atom stereocenters. The summed E-state index contributed by atoms with van der Waals surface area (Å²) in [7, 11) is 0. The van der Waals surface area contributed by atoms with Crippen LogP contribution in [0.3, 0.4) is 0 Å². The molecule has 1 heterocycles. The lowest BCUT2D eigenvalue weighted by molar-refractivity contribution is 0.622. The average molecular weight is 285 g/mol. The molecule has 1 aromatic carbocycles. The van der Waals surface area contributed by atoms with Gasteiger partial charge in [0.05, 0.1) is 5.02 Å². The molecule has 18 heavy (non-hydrogen) atoms. The van der Waals surface area contributed by atoms with Crippen molar-refractivity contribution in [1.82, 2.24) is 4.98 Å². The fraction of sp³-hybridized carbons (Fsp3) is 0.154. The fourth-order valence-electron chi connectivity index (χ4n) is 1.64. The highest BCUT2D eigenvalue weighted by Gasteiger charge is 2.09. The molecule has 0 saturated heterocycles. The lowest BCUT2D eigenvalue weighted by Gasteiger charge is -2.12. The zero-order valence-corrected chi connectivity index (χ0v) is 10.9. The minimum atomic E-state index is -0.435. The molecular weight excluding hydrogens is 274 g/mol. The third-order valence-corrected chi connectivity index (χ3v) is 3.15. The van der Waals surface area contributed by atoms with Crippen LogP contribution in [-0.4, -0.2) is 4.98 Å². The lowest BCUT2D eigenvalue weighted by atomic mass is 10.0. The molecule has 0 aliphatic heterocycles. The molecule has 1 unspecified atom stereocenters. The fourth-order valence-corrected chi connectivity index (χ4v) is 1.87. The molecule has 0 fully saturated rings. The molecule has 2 rings (SSSR count). The summed E-state index contributed by atoms with van der Waals surface area (Å²) in [5.74, 6) is -0.435. The van der Waals surface area contributed by atoms with Crippen molar-refractivity contribution in [2.45, 2.75) is 12.5 Å². The number of nitrogens with zero attached hydrogens (tertiary/aromatic N) is 1. The van der Waals surface area contributed by atoms with Crippen LogP contribution in [-0.2, 0) is 6.42 Å². The van der Waals surface area contributed by atoms with E-state index in [1.807, 2.05) is 6.07 Å². The van der Waals surface area contributed by atoms with Gasteiger partial charge in [-0.05, 0) is 35.7 Å².